The third-order valence-electron chi connectivity index (χ3n) is 6.48. The summed E-state index contributed by atoms with van der Waals surface area (Å²) in [5.74, 6) is 0.0471. The minimum absolute atomic E-state index is 0.293. The Morgan fingerprint density at radius 2 is 1.76 bits per heavy atom. The molecule has 9 nitrogen and oxygen atoms in total. The minimum atomic E-state index is -0.707. The minimum Gasteiger partial charge on any atom is -0.505 e. The molecule has 0 bridgehead atoms. The number of hydrazine groups is 1. The van der Waals surface area contributed by atoms with Crippen molar-refractivity contribution in [2.45, 2.75) is 70.4 Å². The Labute approximate surface area is 194 Å². The summed E-state index contributed by atoms with van der Waals surface area (Å²) in [5, 5.41) is 15.8. The van der Waals surface area contributed by atoms with Crippen LogP contribution in [0.15, 0.2) is 18.2 Å². The fraction of sp³-hybridized carbons (Fsp3) is 0.609. The van der Waals surface area contributed by atoms with E-state index in [1.165, 1.54) is 44.2 Å². The molecule has 1 saturated carbocycles. The van der Waals surface area contributed by atoms with Gasteiger partial charge < -0.3 is 15.7 Å². The molecule has 1 aliphatic carbocycles. The molecule has 2 aliphatic rings. The number of nitrogens with zero attached hydrogens (tertiary/aromatic N) is 4. The van der Waals surface area contributed by atoms with E-state index in [0.29, 0.717) is 35.6 Å². The second-order valence-corrected chi connectivity index (χ2v) is 8.86. The second-order valence-electron chi connectivity index (χ2n) is 8.86. The first kappa shape index (κ1) is 23.4. The first-order valence-corrected chi connectivity index (χ1v) is 12.1. The standard InChI is InChI=1S/C23H35FN8O/c1-2-32-13-7-10-18(32)15-25-21-27-22(26-17-11-12-20(33)19(24)14-17)29-23(28-21)31-30-16-8-5-3-4-6-9-16/h11-12,14,16,18,30,33H,2-10,13,15H2,1H3,(H3,25,26,27,28,29,31). The summed E-state index contributed by atoms with van der Waals surface area (Å²) in [6.45, 7) is 5.08. The Hall–Kier alpha value is -2.72. The SMILES string of the molecule is CCN1CCCC1CNc1nc(NNC2CCCCCC2)nc(Nc2ccc(O)c(F)c2)n1. The lowest BCUT2D eigenvalue weighted by atomic mass is 10.1. The number of aromatic hydroxyl groups is 1. The lowest BCUT2D eigenvalue weighted by Gasteiger charge is -2.23. The highest BCUT2D eigenvalue weighted by Crippen LogP contribution is 2.23. The number of rotatable bonds is 9. The summed E-state index contributed by atoms with van der Waals surface area (Å²) >= 11 is 0. The molecule has 1 aromatic carbocycles. The molecule has 0 spiro atoms. The largest absolute Gasteiger partial charge is 0.505 e. The number of likely N-dealkylation sites (N-methyl/N-ethyl adjacent to an activating group) is 1. The van der Waals surface area contributed by atoms with E-state index in [1.54, 1.807) is 6.07 Å². The molecule has 1 unspecified atom stereocenters. The van der Waals surface area contributed by atoms with Crippen molar-refractivity contribution in [3.63, 3.8) is 0 Å². The third-order valence-corrected chi connectivity index (χ3v) is 6.48. The van der Waals surface area contributed by atoms with Gasteiger partial charge in [0, 0.05) is 30.4 Å². The number of benzene rings is 1. The van der Waals surface area contributed by atoms with Gasteiger partial charge in [0.05, 0.1) is 0 Å². The summed E-state index contributed by atoms with van der Waals surface area (Å²) in [7, 11) is 0. The molecule has 4 rings (SSSR count). The molecule has 10 heteroatoms. The zero-order valence-electron chi connectivity index (χ0n) is 19.3. The van der Waals surface area contributed by atoms with Crippen LogP contribution in [0.5, 0.6) is 5.75 Å². The molecule has 180 valence electrons. The predicted molar refractivity (Wildman–Crippen MR) is 128 cm³/mol. The number of phenols is 1. The van der Waals surface area contributed by atoms with Gasteiger partial charge in [0.2, 0.25) is 17.8 Å². The summed E-state index contributed by atoms with van der Waals surface area (Å²) < 4.78 is 13.8. The zero-order chi connectivity index (χ0) is 23.0. The van der Waals surface area contributed by atoms with E-state index in [1.807, 2.05) is 0 Å². The van der Waals surface area contributed by atoms with Gasteiger partial charge >= 0.3 is 0 Å². The van der Waals surface area contributed by atoms with Gasteiger partial charge in [0.25, 0.3) is 0 Å². The van der Waals surface area contributed by atoms with Crippen molar-refractivity contribution in [2.75, 3.05) is 35.7 Å². The van der Waals surface area contributed by atoms with Crippen LogP contribution in [0.2, 0.25) is 0 Å². The van der Waals surface area contributed by atoms with Crippen LogP contribution in [0.25, 0.3) is 0 Å². The van der Waals surface area contributed by atoms with Crippen molar-refractivity contribution < 1.29 is 9.50 Å². The number of phenolic OH excluding ortho intramolecular Hbond substituents is 1. The molecule has 2 aromatic rings. The van der Waals surface area contributed by atoms with Gasteiger partial charge in [-0.25, -0.2) is 9.82 Å². The van der Waals surface area contributed by atoms with Crippen LogP contribution < -0.4 is 21.5 Å². The molecule has 2 fully saturated rings. The lowest BCUT2D eigenvalue weighted by Crippen LogP contribution is -2.35. The van der Waals surface area contributed by atoms with Crippen LogP contribution in [0.4, 0.5) is 27.9 Å². The molecule has 0 radical (unpaired) electrons. The highest BCUT2D eigenvalue weighted by atomic mass is 19.1. The molecule has 1 aromatic heterocycles. The summed E-state index contributed by atoms with van der Waals surface area (Å²) in [5.41, 5.74) is 6.97. The van der Waals surface area contributed by atoms with Gasteiger partial charge in [-0.05, 0) is 50.9 Å². The number of aromatic nitrogens is 3. The Kier molecular flexibility index (Phi) is 8.11. The van der Waals surface area contributed by atoms with Crippen molar-refractivity contribution >= 4 is 23.5 Å². The average Bonchev–Trinajstić information content (AvgIpc) is 3.11. The normalized spacial score (nSPS) is 19.9. The van der Waals surface area contributed by atoms with Gasteiger partial charge in [-0.2, -0.15) is 15.0 Å². The number of halogens is 1. The predicted octanol–water partition coefficient (Wildman–Crippen LogP) is 4.00. The van der Waals surface area contributed by atoms with Gasteiger partial charge in [-0.3, -0.25) is 10.3 Å². The van der Waals surface area contributed by atoms with Crippen molar-refractivity contribution in [3.05, 3.63) is 24.0 Å². The number of anilines is 4. The zero-order valence-corrected chi connectivity index (χ0v) is 19.3. The van der Waals surface area contributed by atoms with Crippen LogP contribution in [-0.4, -0.2) is 56.7 Å². The fourth-order valence-corrected chi connectivity index (χ4v) is 4.62. The lowest BCUT2D eigenvalue weighted by molar-refractivity contribution is 0.277. The molecule has 5 N–H and O–H groups in total. The van der Waals surface area contributed by atoms with Crippen molar-refractivity contribution in [1.82, 2.24) is 25.3 Å². The molecule has 1 atom stereocenters. The number of hydrogen-bond acceptors (Lipinski definition) is 9. The van der Waals surface area contributed by atoms with E-state index >= 15 is 0 Å². The molecule has 2 heterocycles. The van der Waals surface area contributed by atoms with E-state index in [9.17, 15) is 9.50 Å². The first-order chi connectivity index (χ1) is 16.1. The molecule has 33 heavy (non-hydrogen) atoms. The van der Waals surface area contributed by atoms with E-state index in [0.717, 1.165) is 38.9 Å². The number of hydrogen-bond donors (Lipinski definition) is 5. The van der Waals surface area contributed by atoms with Crippen LogP contribution in [-0.2, 0) is 0 Å². The van der Waals surface area contributed by atoms with Crippen molar-refractivity contribution in [2.24, 2.45) is 0 Å². The van der Waals surface area contributed by atoms with Gasteiger partial charge in [-0.15, -0.1) is 0 Å². The van der Waals surface area contributed by atoms with E-state index in [2.05, 4.69) is 48.3 Å². The Morgan fingerprint density at radius 1 is 1.00 bits per heavy atom. The monoisotopic (exact) mass is 458 g/mol. The third kappa shape index (κ3) is 6.64. The molecule has 0 amide bonds. The van der Waals surface area contributed by atoms with Gasteiger partial charge in [0.15, 0.2) is 11.6 Å². The summed E-state index contributed by atoms with van der Waals surface area (Å²) in [4.78, 5) is 15.9. The summed E-state index contributed by atoms with van der Waals surface area (Å²) in [6, 6.07) is 4.91. The van der Waals surface area contributed by atoms with Crippen LogP contribution in [0.3, 0.4) is 0 Å². The second kappa shape index (κ2) is 11.4. The highest BCUT2D eigenvalue weighted by Gasteiger charge is 2.23. The maximum Gasteiger partial charge on any atom is 0.243 e. The molecule has 1 aliphatic heterocycles. The molecular formula is C23H35FN8O. The number of nitrogens with one attached hydrogen (secondary N) is 4. The maximum absolute atomic E-state index is 13.8. The fourth-order valence-electron chi connectivity index (χ4n) is 4.62. The van der Waals surface area contributed by atoms with E-state index in [-0.39, 0.29) is 0 Å². The van der Waals surface area contributed by atoms with E-state index < -0.39 is 11.6 Å². The maximum atomic E-state index is 13.8. The smallest absolute Gasteiger partial charge is 0.243 e. The topological polar surface area (TPSA) is 110 Å². The van der Waals surface area contributed by atoms with E-state index in [4.69, 9.17) is 0 Å². The van der Waals surface area contributed by atoms with Gasteiger partial charge in [-0.1, -0.05) is 32.6 Å². The van der Waals surface area contributed by atoms with Crippen molar-refractivity contribution in [3.8, 4) is 5.75 Å². The van der Waals surface area contributed by atoms with Crippen molar-refractivity contribution in [1.29, 1.82) is 0 Å². The Morgan fingerprint density at radius 3 is 2.52 bits per heavy atom. The van der Waals surface area contributed by atoms with Crippen LogP contribution >= 0.6 is 0 Å². The Bertz CT molecular complexity index is 906. The Balaban J connectivity index is 1.47. The average molecular weight is 459 g/mol. The molecular weight excluding hydrogens is 423 g/mol. The van der Waals surface area contributed by atoms with Crippen LogP contribution in [0, 0.1) is 5.82 Å². The van der Waals surface area contributed by atoms with Gasteiger partial charge in [0.1, 0.15) is 0 Å². The number of likely N-dealkylation sites (tertiary alicyclic amines) is 1. The molecule has 1 saturated heterocycles. The quantitative estimate of drug-likeness (QED) is 0.216. The van der Waals surface area contributed by atoms with Crippen LogP contribution in [0.1, 0.15) is 58.3 Å². The summed E-state index contributed by atoms with van der Waals surface area (Å²) in [6.07, 6.45) is 9.60. The highest BCUT2D eigenvalue weighted by molar-refractivity contribution is 5.57. The first-order valence-electron chi connectivity index (χ1n) is 12.1.